The van der Waals surface area contributed by atoms with E-state index in [0.29, 0.717) is 35.7 Å². The molecule has 6 heteroatoms. The van der Waals surface area contributed by atoms with Crippen LogP contribution in [0.3, 0.4) is 0 Å². The molecule has 6 nitrogen and oxygen atoms in total. The lowest BCUT2D eigenvalue weighted by molar-refractivity contribution is -0.151. The first kappa shape index (κ1) is 26.2. The molecule has 0 saturated heterocycles. The van der Waals surface area contributed by atoms with Gasteiger partial charge in [0, 0.05) is 35.1 Å². The van der Waals surface area contributed by atoms with E-state index in [1.807, 2.05) is 67.6 Å². The molecule has 2 heterocycles. The van der Waals surface area contributed by atoms with Crippen LogP contribution in [0.4, 0.5) is 5.69 Å². The number of carbonyl (C=O) groups is 2. The third kappa shape index (κ3) is 5.42. The summed E-state index contributed by atoms with van der Waals surface area (Å²) in [5.41, 5.74) is 7.50. The number of rotatable bonds is 8. The Morgan fingerprint density at radius 1 is 0.949 bits per heavy atom. The van der Waals surface area contributed by atoms with Gasteiger partial charge in [-0.15, -0.1) is 0 Å². The second-order valence-corrected chi connectivity index (χ2v) is 10.1. The van der Waals surface area contributed by atoms with Gasteiger partial charge in [0.1, 0.15) is 0 Å². The minimum Gasteiger partial charge on any atom is -0.429 e. The molecule has 198 valence electrons. The number of aliphatic hydroxyl groups is 1. The van der Waals surface area contributed by atoms with E-state index in [-0.39, 0.29) is 5.91 Å². The summed E-state index contributed by atoms with van der Waals surface area (Å²) in [4.78, 5) is 25.6. The quantitative estimate of drug-likeness (QED) is 0.254. The van der Waals surface area contributed by atoms with Crippen LogP contribution in [0.2, 0.25) is 0 Å². The smallest absolute Gasteiger partial charge is 0.333 e. The van der Waals surface area contributed by atoms with Gasteiger partial charge in [-0.25, -0.2) is 4.79 Å². The Morgan fingerprint density at radius 2 is 1.59 bits per heavy atom. The van der Waals surface area contributed by atoms with Crippen molar-refractivity contribution in [2.75, 3.05) is 5.32 Å². The van der Waals surface area contributed by atoms with Gasteiger partial charge >= 0.3 is 5.97 Å². The van der Waals surface area contributed by atoms with Crippen molar-refractivity contribution in [3.05, 3.63) is 113 Å². The lowest BCUT2D eigenvalue weighted by Gasteiger charge is -2.16. The maximum absolute atomic E-state index is 13.9. The molecule has 0 spiro atoms. The van der Waals surface area contributed by atoms with Crippen molar-refractivity contribution in [2.45, 2.75) is 45.9 Å². The molecule has 0 bridgehead atoms. The van der Waals surface area contributed by atoms with Gasteiger partial charge in [-0.3, -0.25) is 4.79 Å². The summed E-state index contributed by atoms with van der Waals surface area (Å²) in [5.74, 6) is -0.351. The molecule has 2 N–H and O–H groups in total. The first-order valence-corrected chi connectivity index (χ1v) is 13.2. The van der Waals surface area contributed by atoms with Crippen LogP contribution in [0.1, 0.15) is 47.8 Å². The number of carbonyl (C=O) groups excluding carboxylic acids is 2. The standard InChI is InChI=1S/C33H32N2O4/c1-21(2)23-14-16-25(17-15-23)31-30(24-10-6-4-7-11-24)29(32(37)34-27-12-8-5-9-13-27)22(3)35(31)19-18-26-20-28(36)39-33(26)38/h4-17,20-21,33,38H,18-19H2,1-3H3,(H,34,37). The van der Waals surface area contributed by atoms with Crippen molar-refractivity contribution >= 4 is 17.6 Å². The number of para-hydroxylation sites is 1. The van der Waals surface area contributed by atoms with Crippen LogP contribution in [0.15, 0.2) is 96.6 Å². The summed E-state index contributed by atoms with van der Waals surface area (Å²) < 4.78 is 7.01. The van der Waals surface area contributed by atoms with E-state index in [2.05, 4.69) is 48.0 Å². The maximum atomic E-state index is 13.9. The zero-order valence-electron chi connectivity index (χ0n) is 22.3. The van der Waals surface area contributed by atoms with E-state index in [1.54, 1.807) is 0 Å². The molecule has 1 amide bonds. The van der Waals surface area contributed by atoms with Crippen molar-refractivity contribution in [3.8, 4) is 22.4 Å². The number of benzene rings is 3. The van der Waals surface area contributed by atoms with Crippen molar-refractivity contribution < 1.29 is 19.4 Å². The topological polar surface area (TPSA) is 80.6 Å². The van der Waals surface area contributed by atoms with Crippen molar-refractivity contribution in [2.24, 2.45) is 0 Å². The van der Waals surface area contributed by atoms with Gasteiger partial charge in [0.15, 0.2) is 0 Å². The predicted molar refractivity (Wildman–Crippen MR) is 153 cm³/mol. The molecule has 4 aromatic rings. The number of aliphatic hydroxyl groups excluding tert-OH is 1. The Labute approximate surface area is 228 Å². The third-order valence-electron chi connectivity index (χ3n) is 7.17. The summed E-state index contributed by atoms with van der Waals surface area (Å²) in [6.45, 7) is 6.71. The first-order chi connectivity index (χ1) is 18.8. The summed E-state index contributed by atoms with van der Waals surface area (Å²) in [5, 5.41) is 13.2. The molecule has 1 aliphatic rings. The normalized spacial score (nSPS) is 14.8. The van der Waals surface area contributed by atoms with Gasteiger partial charge < -0.3 is 19.7 Å². The fraction of sp³-hybridized carbons (Fsp3) is 0.212. The monoisotopic (exact) mass is 520 g/mol. The minimum atomic E-state index is -1.24. The fourth-order valence-corrected chi connectivity index (χ4v) is 5.10. The first-order valence-electron chi connectivity index (χ1n) is 13.2. The Morgan fingerprint density at radius 3 is 2.18 bits per heavy atom. The number of amides is 1. The van der Waals surface area contributed by atoms with Gasteiger partial charge in [-0.1, -0.05) is 86.6 Å². The van der Waals surface area contributed by atoms with Gasteiger partial charge in [0.25, 0.3) is 5.91 Å². The van der Waals surface area contributed by atoms with E-state index in [0.717, 1.165) is 28.1 Å². The second-order valence-electron chi connectivity index (χ2n) is 10.1. The minimum absolute atomic E-state index is 0.199. The Balaban J connectivity index is 1.69. The zero-order chi connectivity index (χ0) is 27.5. The van der Waals surface area contributed by atoms with Gasteiger partial charge in [-0.2, -0.15) is 0 Å². The second kappa shape index (κ2) is 11.1. The number of nitrogens with one attached hydrogen (secondary N) is 1. The Hall–Kier alpha value is -4.42. The summed E-state index contributed by atoms with van der Waals surface area (Å²) in [7, 11) is 0. The lowest BCUT2D eigenvalue weighted by Crippen LogP contribution is -2.15. The highest BCUT2D eigenvalue weighted by Gasteiger charge is 2.29. The number of hydrogen-bond acceptors (Lipinski definition) is 4. The van der Waals surface area contributed by atoms with Crippen LogP contribution >= 0.6 is 0 Å². The summed E-state index contributed by atoms with van der Waals surface area (Å²) in [6, 6.07) is 27.8. The molecular weight excluding hydrogens is 488 g/mol. The van der Waals surface area contributed by atoms with E-state index in [9.17, 15) is 14.7 Å². The molecule has 1 atom stereocenters. The predicted octanol–water partition coefficient (Wildman–Crippen LogP) is 6.70. The van der Waals surface area contributed by atoms with E-state index >= 15 is 0 Å². The van der Waals surface area contributed by atoms with Crippen LogP contribution < -0.4 is 5.32 Å². The van der Waals surface area contributed by atoms with Crippen LogP contribution in [0, 0.1) is 6.92 Å². The van der Waals surface area contributed by atoms with Crippen LogP contribution in [0.5, 0.6) is 0 Å². The van der Waals surface area contributed by atoms with Crippen LogP contribution in [-0.4, -0.2) is 27.8 Å². The van der Waals surface area contributed by atoms with Crippen LogP contribution in [0.25, 0.3) is 22.4 Å². The van der Waals surface area contributed by atoms with Crippen molar-refractivity contribution in [1.29, 1.82) is 0 Å². The average Bonchev–Trinajstić information content (AvgIpc) is 3.42. The largest absolute Gasteiger partial charge is 0.429 e. The molecule has 1 unspecified atom stereocenters. The van der Waals surface area contributed by atoms with Gasteiger partial charge in [-0.05, 0) is 48.1 Å². The van der Waals surface area contributed by atoms with Gasteiger partial charge in [0.2, 0.25) is 6.29 Å². The molecule has 39 heavy (non-hydrogen) atoms. The molecule has 1 aromatic heterocycles. The molecule has 5 rings (SSSR count). The Kier molecular flexibility index (Phi) is 7.48. The van der Waals surface area contributed by atoms with Crippen molar-refractivity contribution in [3.63, 3.8) is 0 Å². The third-order valence-corrected chi connectivity index (χ3v) is 7.17. The number of ether oxygens (including phenoxy) is 1. The molecule has 0 saturated carbocycles. The highest BCUT2D eigenvalue weighted by Crippen LogP contribution is 2.40. The highest BCUT2D eigenvalue weighted by molar-refractivity contribution is 6.12. The molecule has 0 aliphatic carbocycles. The molecule has 3 aromatic carbocycles. The molecular formula is C33H32N2O4. The van der Waals surface area contributed by atoms with Gasteiger partial charge in [0.05, 0.1) is 11.3 Å². The SMILES string of the molecule is Cc1c(C(=O)Nc2ccccc2)c(-c2ccccc2)c(-c2ccc(C(C)C)cc2)n1CCC1=CC(=O)OC1O. The molecule has 1 aliphatic heterocycles. The zero-order valence-corrected chi connectivity index (χ0v) is 22.3. The number of hydrogen-bond donors (Lipinski definition) is 2. The van der Waals surface area contributed by atoms with E-state index in [4.69, 9.17) is 4.74 Å². The lowest BCUT2D eigenvalue weighted by atomic mass is 9.95. The molecule has 0 fully saturated rings. The summed E-state index contributed by atoms with van der Waals surface area (Å²) >= 11 is 0. The summed E-state index contributed by atoms with van der Waals surface area (Å²) in [6.07, 6.45) is 0.506. The van der Waals surface area contributed by atoms with Crippen molar-refractivity contribution in [1.82, 2.24) is 4.57 Å². The fourth-order valence-electron chi connectivity index (χ4n) is 5.10. The van der Waals surface area contributed by atoms with Crippen LogP contribution in [-0.2, 0) is 16.1 Å². The average molecular weight is 521 g/mol. The maximum Gasteiger partial charge on any atom is 0.333 e. The van der Waals surface area contributed by atoms with E-state index in [1.165, 1.54) is 11.6 Å². The molecule has 0 radical (unpaired) electrons. The van der Waals surface area contributed by atoms with E-state index < -0.39 is 12.3 Å². The Bertz CT molecular complexity index is 1520. The number of nitrogens with zero attached hydrogens (tertiary/aromatic N) is 1. The number of esters is 1. The number of cyclic esters (lactones) is 1. The number of aromatic nitrogens is 1. The highest BCUT2D eigenvalue weighted by atomic mass is 16.6. The number of anilines is 1.